The lowest BCUT2D eigenvalue weighted by molar-refractivity contribution is -0.384. The van der Waals surface area contributed by atoms with Gasteiger partial charge >= 0.3 is 0 Å². The molecule has 1 aromatic heterocycles. The van der Waals surface area contributed by atoms with Crippen LogP contribution in [-0.4, -0.2) is 15.1 Å². The van der Waals surface area contributed by atoms with Crippen molar-refractivity contribution in [3.63, 3.8) is 0 Å². The van der Waals surface area contributed by atoms with Crippen LogP contribution in [0.4, 0.5) is 5.69 Å². The van der Waals surface area contributed by atoms with Gasteiger partial charge in [0.15, 0.2) is 5.01 Å². The predicted octanol–water partition coefficient (Wildman–Crippen LogP) is 4.61. The lowest BCUT2D eigenvalue weighted by atomic mass is 10.2. The molecule has 2 rings (SSSR count). The molecule has 1 unspecified atom stereocenters. The van der Waals surface area contributed by atoms with E-state index in [1.807, 2.05) is 6.92 Å². The van der Waals surface area contributed by atoms with Crippen LogP contribution >= 0.6 is 38.9 Å². The van der Waals surface area contributed by atoms with Crippen molar-refractivity contribution in [2.45, 2.75) is 18.2 Å². The van der Waals surface area contributed by atoms with Gasteiger partial charge in [-0.05, 0) is 12.5 Å². The summed E-state index contributed by atoms with van der Waals surface area (Å²) in [4.78, 5) is 10.7. The Morgan fingerprint density at radius 1 is 1.53 bits per heavy atom. The van der Waals surface area contributed by atoms with E-state index in [0.717, 1.165) is 11.4 Å². The molecule has 0 aliphatic rings. The largest absolute Gasteiger partial charge is 0.281 e. The molecule has 0 spiro atoms. The van der Waals surface area contributed by atoms with Crippen molar-refractivity contribution >= 4 is 44.6 Å². The fourth-order valence-corrected chi connectivity index (χ4v) is 3.17. The van der Waals surface area contributed by atoms with Gasteiger partial charge in [-0.15, -0.1) is 10.2 Å². The molecule has 1 heterocycles. The van der Waals surface area contributed by atoms with E-state index in [1.165, 1.54) is 17.4 Å². The van der Waals surface area contributed by atoms with E-state index in [-0.39, 0.29) is 10.5 Å². The van der Waals surface area contributed by atoms with Gasteiger partial charge < -0.3 is 0 Å². The maximum atomic E-state index is 11.0. The molecule has 0 bridgehead atoms. The molecule has 0 aliphatic carbocycles. The molecular weight excluding hydrogens is 354 g/mol. The second-order valence-electron chi connectivity index (χ2n) is 3.71. The molecule has 0 saturated heterocycles. The maximum Gasteiger partial charge on any atom is 0.281 e. The summed E-state index contributed by atoms with van der Waals surface area (Å²) in [6, 6.07) is 4.56. The Morgan fingerprint density at radius 2 is 2.26 bits per heavy atom. The van der Waals surface area contributed by atoms with Crippen LogP contribution in [0.25, 0.3) is 10.6 Å². The quantitative estimate of drug-likeness (QED) is 0.452. The molecule has 19 heavy (non-hydrogen) atoms. The van der Waals surface area contributed by atoms with Crippen molar-refractivity contribution in [2.75, 3.05) is 0 Å². The average Bonchev–Trinajstić information content (AvgIpc) is 2.86. The van der Waals surface area contributed by atoms with E-state index < -0.39 is 4.92 Å². The van der Waals surface area contributed by atoms with Crippen molar-refractivity contribution in [3.8, 4) is 10.6 Å². The average molecular weight is 363 g/mol. The summed E-state index contributed by atoms with van der Waals surface area (Å²) < 4.78 is 0. The van der Waals surface area contributed by atoms with Crippen LogP contribution in [0.15, 0.2) is 18.2 Å². The van der Waals surface area contributed by atoms with Crippen LogP contribution in [0.5, 0.6) is 0 Å². The Morgan fingerprint density at radius 3 is 2.89 bits per heavy atom. The number of alkyl halides is 1. The molecule has 0 aliphatic heterocycles. The number of rotatable bonds is 4. The minimum atomic E-state index is -0.465. The maximum absolute atomic E-state index is 11.0. The summed E-state index contributed by atoms with van der Waals surface area (Å²) in [5.41, 5.74) is 0.270. The molecule has 0 N–H and O–H groups in total. The standard InChI is InChI=1S/C11H9BrClN3O2S/c1-2-6(12)10-14-15-11(19-10)9-7(13)4-3-5-8(9)16(17)18/h3-6H,2H2,1H3. The van der Waals surface area contributed by atoms with Gasteiger partial charge in [-0.2, -0.15) is 0 Å². The number of hydrogen-bond acceptors (Lipinski definition) is 5. The van der Waals surface area contributed by atoms with Crippen LogP contribution in [0.3, 0.4) is 0 Å². The molecule has 0 saturated carbocycles. The smallest absolute Gasteiger partial charge is 0.258 e. The van der Waals surface area contributed by atoms with Gasteiger partial charge in [0.25, 0.3) is 5.69 Å². The number of hydrogen-bond donors (Lipinski definition) is 0. The fourth-order valence-electron chi connectivity index (χ4n) is 1.51. The van der Waals surface area contributed by atoms with E-state index in [0.29, 0.717) is 15.6 Å². The monoisotopic (exact) mass is 361 g/mol. The highest BCUT2D eigenvalue weighted by Gasteiger charge is 2.23. The number of aromatic nitrogens is 2. The molecule has 0 radical (unpaired) electrons. The minimum absolute atomic E-state index is 0.0576. The number of benzene rings is 1. The highest BCUT2D eigenvalue weighted by Crippen LogP contribution is 2.39. The van der Waals surface area contributed by atoms with Crippen LogP contribution in [-0.2, 0) is 0 Å². The van der Waals surface area contributed by atoms with Crippen molar-refractivity contribution in [1.29, 1.82) is 0 Å². The lowest BCUT2D eigenvalue weighted by Crippen LogP contribution is -1.92. The van der Waals surface area contributed by atoms with Crippen molar-refractivity contribution in [1.82, 2.24) is 10.2 Å². The van der Waals surface area contributed by atoms with Crippen molar-refractivity contribution in [3.05, 3.63) is 38.3 Å². The summed E-state index contributed by atoms with van der Waals surface area (Å²) in [6.45, 7) is 2.01. The topological polar surface area (TPSA) is 68.9 Å². The van der Waals surface area contributed by atoms with E-state index in [2.05, 4.69) is 26.1 Å². The lowest BCUT2D eigenvalue weighted by Gasteiger charge is -2.01. The minimum Gasteiger partial charge on any atom is -0.258 e. The van der Waals surface area contributed by atoms with Crippen molar-refractivity contribution in [2.24, 2.45) is 0 Å². The summed E-state index contributed by atoms with van der Waals surface area (Å²) >= 11 is 10.8. The Kier molecular flexibility index (Phi) is 4.49. The molecule has 2 aromatic rings. The normalized spacial score (nSPS) is 12.4. The molecule has 1 atom stereocenters. The van der Waals surface area contributed by atoms with E-state index in [9.17, 15) is 10.1 Å². The van der Waals surface area contributed by atoms with Gasteiger partial charge in [0.1, 0.15) is 10.6 Å². The number of nitro benzene ring substituents is 1. The number of nitro groups is 1. The van der Waals surface area contributed by atoms with Gasteiger partial charge in [0.05, 0.1) is 14.8 Å². The SMILES string of the molecule is CCC(Br)c1nnc(-c2c(Cl)cccc2[N+](=O)[O-])s1. The second kappa shape index (κ2) is 5.94. The first kappa shape index (κ1) is 14.4. The van der Waals surface area contributed by atoms with Crippen LogP contribution in [0.2, 0.25) is 5.02 Å². The van der Waals surface area contributed by atoms with E-state index in [1.54, 1.807) is 12.1 Å². The first-order valence-electron chi connectivity index (χ1n) is 5.45. The van der Waals surface area contributed by atoms with Crippen LogP contribution < -0.4 is 0 Å². The molecule has 100 valence electrons. The Bertz CT molecular complexity index is 620. The van der Waals surface area contributed by atoms with Crippen LogP contribution in [0, 0.1) is 10.1 Å². The molecule has 1 aromatic carbocycles. The summed E-state index contributed by atoms with van der Waals surface area (Å²) in [7, 11) is 0. The predicted molar refractivity (Wildman–Crippen MR) is 79.0 cm³/mol. The third-order valence-electron chi connectivity index (χ3n) is 2.47. The number of halogens is 2. The Balaban J connectivity index is 2.53. The third-order valence-corrected chi connectivity index (χ3v) is 5.22. The summed E-state index contributed by atoms with van der Waals surface area (Å²) in [5, 5.41) is 20.6. The number of nitrogens with zero attached hydrogens (tertiary/aromatic N) is 3. The van der Waals surface area contributed by atoms with Gasteiger partial charge in [-0.25, -0.2) is 0 Å². The summed E-state index contributed by atoms with van der Waals surface area (Å²) in [6.07, 6.45) is 0.860. The zero-order valence-corrected chi connectivity index (χ0v) is 13.0. The highest BCUT2D eigenvalue weighted by molar-refractivity contribution is 9.09. The van der Waals surface area contributed by atoms with Gasteiger partial charge in [0.2, 0.25) is 0 Å². The van der Waals surface area contributed by atoms with Gasteiger partial charge in [0, 0.05) is 6.07 Å². The second-order valence-corrected chi connectivity index (χ2v) is 6.23. The van der Waals surface area contributed by atoms with E-state index in [4.69, 9.17) is 11.6 Å². The zero-order chi connectivity index (χ0) is 14.0. The van der Waals surface area contributed by atoms with Crippen molar-refractivity contribution < 1.29 is 4.92 Å². The molecule has 5 nitrogen and oxygen atoms in total. The Labute approximate surface area is 126 Å². The first-order valence-corrected chi connectivity index (χ1v) is 7.56. The van der Waals surface area contributed by atoms with Crippen LogP contribution in [0.1, 0.15) is 23.2 Å². The molecule has 8 heteroatoms. The zero-order valence-electron chi connectivity index (χ0n) is 9.84. The molecule has 0 fully saturated rings. The molecule has 0 amide bonds. The molecular formula is C11H9BrClN3O2S. The summed E-state index contributed by atoms with van der Waals surface area (Å²) in [5.74, 6) is 0. The van der Waals surface area contributed by atoms with Gasteiger partial charge in [-0.3, -0.25) is 10.1 Å². The first-order chi connectivity index (χ1) is 9.04. The van der Waals surface area contributed by atoms with Gasteiger partial charge in [-0.1, -0.05) is 51.9 Å². The fraction of sp³-hybridized carbons (Fsp3) is 0.273. The third kappa shape index (κ3) is 2.93. The Hall–Kier alpha value is -1.05. The van der Waals surface area contributed by atoms with E-state index >= 15 is 0 Å². The highest BCUT2D eigenvalue weighted by atomic mass is 79.9.